The predicted octanol–water partition coefficient (Wildman–Crippen LogP) is 7.15. The highest BCUT2D eigenvalue weighted by Crippen LogP contribution is 2.42. The van der Waals surface area contributed by atoms with Gasteiger partial charge in [-0.05, 0) is 39.9 Å². The summed E-state index contributed by atoms with van der Waals surface area (Å²) < 4.78 is 41.7. The van der Waals surface area contributed by atoms with E-state index in [-0.39, 0.29) is 36.2 Å². The number of hydrogen-bond donors (Lipinski definition) is 2. The summed E-state index contributed by atoms with van der Waals surface area (Å²) in [5.41, 5.74) is 6.03. The Morgan fingerprint density at radius 2 is 1.17 bits per heavy atom. The van der Waals surface area contributed by atoms with Gasteiger partial charge in [-0.2, -0.15) is 0 Å². The molecule has 0 spiro atoms. The Morgan fingerprint density at radius 3 is 1.73 bits per heavy atom. The van der Waals surface area contributed by atoms with E-state index in [0.29, 0.717) is 6.54 Å². The van der Waals surface area contributed by atoms with E-state index in [1.807, 2.05) is 60.7 Å². The molecule has 0 saturated carbocycles. The van der Waals surface area contributed by atoms with E-state index in [1.54, 1.807) is 30.3 Å². The van der Waals surface area contributed by atoms with Gasteiger partial charge in [0, 0.05) is 37.7 Å². The summed E-state index contributed by atoms with van der Waals surface area (Å²) in [5.74, 6) is 0.0296. The van der Waals surface area contributed by atoms with Crippen molar-refractivity contribution in [2.24, 2.45) is 5.92 Å². The van der Waals surface area contributed by atoms with Gasteiger partial charge in [0.05, 0.1) is 23.7 Å². The lowest BCUT2D eigenvalue weighted by atomic mass is 9.89. The molecule has 1 fully saturated rings. The maximum absolute atomic E-state index is 12.7. The molecule has 1 aliphatic heterocycles. The first kappa shape index (κ1) is 33.7. The molecule has 5 aromatic rings. The number of rotatable bonds is 13. The maximum atomic E-state index is 12.7. The van der Waals surface area contributed by atoms with E-state index >= 15 is 0 Å². The molecule has 1 aliphatic rings. The second-order valence-electron chi connectivity index (χ2n) is 12.3. The molecule has 4 atom stereocenters. The summed E-state index contributed by atoms with van der Waals surface area (Å²) in [6.45, 7) is 4.56. The van der Waals surface area contributed by atoms with Crippen molar-refractivity contribution in [1.29, 1.82) is 0 Å². The Labute approximate surface area is 283 Å². The van der Waals surface area contributed by atoms with Crippen LogP contribution in [0.3, 0.4) is 0 Å². The third-order valence-corrected chi connectivity index (χ3v) is 10.2. The Hall–Kier alpha value is -4.15. The molecule has 0 amide bonds. The van der Waals surface area contributed by atoms with Gasteiger partial charge in [-0.1, -0.05) is 134 Å². The summed E-state index contributed by atoms with van der Waals surface area (Å²) >= 11 is 0. The molecule has 8 heteroatoms. The molecule has 0 radical (unpaired) electrons. The first-order chi connectivity index (χ1) is 23.4. The van der Waals surface area contributed by atoms with Crippen LogP contribution in [-0.4, -0.2) is 31.1 Å². The predicted molar refractivity (Wildman–Crippen MR) is 187 cm³/mol. The van der Waals surface area contributed by atoms with E-state index < -0.39 is 16.3 Å². The minimum Gasteiger partial charge on any atom is -0.392 e. The van der Waals surface area contributed by atoms with E-state index in [0.717, 1.165) is 35.3 Å². The fraction of sp³-hybridized carbons (Fsp3) is 0.250. The van der Waals surface area contributed by atoms with Crippen LogP contribution >= 0.6 is 0 Å². The Bertz CT molecular complexity index is 1780. The van der Waals surface area contributed by atoms with Gasteiger partial charge in [0.2, 0.25) is 10.0 Å². The van der Waals surface area contributed by atoms with Gasteiger partial charge in [-0.3, -0.25) is 4.90 Å². The Kier molecular flexibility index (Phi) is 11.1. The lowest BCUT2D eigenvalue weighted by Gasteiger charge is -2.43. The summed E-state index contributed by atoms with van der Waals surface area (Å²) in [7, 11) is -3.62. The van der Waals surface area contributed by atoms with Crippen molar-refractivity contribution in [3.63, 3.8) is 0 Å². The number of aliphatic hydroxyl groups is 1. The number of benzene rings is 5. The number of nitrogens with zero attached hydrogens (tertiary/aromatic N) is 1. The van der Waals surface area contributed by atoms with Crippen LogP contribution in [0.2, 0.25) is 0 Å². The van der Waals surface area contributed by atoms with Crippen LogP contribution in [0, 0.1) is 5.92 Å². The molecule has 6 rings (SSSR count). The van der Waals surface area contributed by atoms with Crippen molar-refractivity contribution >= 4 is 10.0 Å². The highest BCUT2D eigenvalue weighted by atomic mass is 32.2. The second kappa shape index (κ2) is 15.8. The Balaban J connectivity index is 1.23. The zero-order valence-electron chi connectivity index (χ0n) is 27.1. The van der Waals surface area contributed by atoms with Crippen molar-refractivity contribution in [2.75, 3.05) is 6.54 Å². The van der Waals surface area contributed by atoms with Crippen molar-refractivity contribution in [3.8, 4) is 0 Å². The topological polar surface area (TPSA) is 88.1 Å². The van der Waals surface area contributed by atoms with Crippen molar-refractivity contribution in [2.45, 2.75) is 56.6 Å². The third kappa shape index (κ3) is 8.65. The van der Waals surface area contributed by atoms with Gasteiger partial charge >= 0.3 is 0 Å². The van der Waals surface area contributed by atoms with Gasteiger partial charge in [0.15, 0.2) is 6.29 Å². The lowest BCUT2D eigenvalue weighted by molar-refractivity contribution is -0.276. The fourth-order valence-electron chi connectivity index (χ4n) is 6.10. The SMILES string of the molecule is C[C@@H]1[C@H](CN(Cc2ccccc2)Cc2ccccc2)O[C@H](c2ccc(CNS(=O)(=O)c3ccccc3)cc2)O[C@@H]1c1ccc(CO)cc1. The van der Waals surface area contributed by atoms with Crippen LogP contribution in [-0.2, 0) is 45.7 Å². The van der Waals surface area contributed by atoms with Crippen LogP contribution in [0.1, 0.15) is 52.7 Å². The highest BCUT2D eigenvalue weighted by Gasteiger charge is 2.39. The van der Waals surface area contributed by atoms with Gasteiger partial charge in [0.1, 0.15) is 0 Å². The van der Waals surface area contributed by atoms with Gasteiger partial charge in [-0.15, -0.1) is 0 Å². The molecule has 248 valence electrons. The average molecular weight is 663 g/mol. The molecular weight excluding hydrogens is 621 g/mol. The first-order valence-corrected chi connectivity index (χ1v) is 17.8. The molecule has 0 unspecified atom stereocenters. The first-order valence-electron chi connectivity index (χ1n) is 16.3. The molecule has 48 heavy (non-hydrogen) atoms. The Morgan fingerprint density at radius 1 is 0.646 bits per heavy atom. The van der Waals surface area contributed by atoms with E-state index in [4.69, 9.17) is 9.47 Å². The van der Waals surface area contributed by atoms with Crippen molar-refractivity contribution < 1.29 is 23.0 Å². The number of sulfonamides is 1. The minimum absolute atomic E-state index is 0.0164. The van der Waals surface area contributed by atoms with Gasteiger partial charge in [-0.25, -0.2) is 13.1 Å². The molecular formula is C40H42N2O5S. The van der Waals surface area contributed by atoms with E-state index in [9.17, 15) is 13.5 Å². The summed E-state index contributed by atoms with van der Waals surface area (Å²) in [5, 5.41) is 9.63. The van der Waals surface area contributed by atoms with Gasteiger partial charge in [0.25, 0.3) is 0 Å². The van der Waals surface area contributed by atoms with Crippen LogP contribution in [0.25, 0.3) is 0 Å². The summed E-state index contributed by atoms with van der Waals surface area (Å²) in [6.07, 6.45) is -1.02. The number of hydrogen-bond acceptors (Lipinski definition) is 6. The molecule has 0 aromatic heterocycles. The summed E-state index contributed by atoms with van der Waals surface area (Å²) in [6, 6.07) is 45.0. The van der Waals surface area contributed by atoms with Crippen molar-refractivity contribution in [1.82, 2.24) is 9.62 Å². The second-order valence-corrected chi connectivity index (χ2v) is 14.1. The normalized spacial score (nSPS) is 19.7. The maximum Gasteiger partial charge on any atom is 0.240 e. The number of nitrogens with one attached hydrogen (secondary N) is 1. The monoisotopic (exact) mass is 662 g/mol. The smallest absolute Gasteiger partial charge is 0.240 e. The minimum atomic E-state index is -3.62. The van der Waals surface area contributed by atoms with Crippen LogP contribution in [0.4, 0.5) is 0 Å². The molecule has 0 aliphatic carbocycles. The number of ether oxygens (including phenoxy) is 2. The van der Waals surface area contributed by atoms with Crippen LogP contribution in [0.15, 0.2) is 144 Å². The van der Waals surface area contributed by atoms with Crippen LogP contribution in [0.5, 0.6) is 0 Å². The standard InChI is InChI=1S/C40H42N2O5S/c1-30-38(28-42(26-32-11-5-2-6-12-32)27-33-13-7-3-8-14-33)46-40(47-39(30)35-21-19-34(29-43)20-22-35)36-23-17-31(18-24-36)25-41-48(44,45)37-15-9-4-10-16-37/h2-24,30,38-41,43H,25-29H2,1H3/t30-,38+,39+,40+/m1/s1. The largest absolute Gasteiger partial charge is 0.392 e. The zero-order chi connectivity index (χ0) is 33.3. The highest BCUT2D eigenvalue weighted by molar-refractivity contribution is 7.89. The molecule has 7 nitrogen and oxygen atoms in total. The zero-order valence-corrected chi connectivity index (χ0v) is 27.9. The van der Waals surface area contributed by atoms with E-state index in [2.05, 4.69) is 65.1 Å². The fourth-order valence-corrected chi connectivity index (χ4v) is 7.14. The van der Waals surface area contributed by atoms with Crippen LogP contribution < -0.4 is 4.72 Å². The quantitative estimate of drug-likeness (QED) is 0.139. The van der Waals surface area contributed by atoms with Crippen molar-refractivity contribution in [3.05, 3.63) is 173 Å². The average Bonchev–Trinajstić information content (AvgIpc) is 3.13. The number of aliphatic hydroxyl groups excluding tert-OH is 1. The summed E-state index contributed by atoms with van der Waals surface area (Å²) in [4.78, 5) is 2.67. The molecule has 1 saturated heterocycles. The third-order valence-electron chi connectivity index (χ3n) is 8.83. The molecule has 5 aromatic carbocycles. The molecule has 2 N–H and O–H groups in total. The molecule has 0 bridgehead atoms. The molecule has 1 heterocycles. The van der Waals surface area contributed by atoms with E-state index in [1.165, 1.54) is 11.1 Å². The lowest BCUT2D eigenvalue weighted by Crippen LogP contribution is -2.44. The van der Waals surface area contributed by atoms with Gasteiger partial charge < -0.3 is 14.6 Å².